The minimum atomic E-state index is -1.44. The zero-order valence-electron chi connectivity index (χ0n) is 31.3. The van der Waals surface area contributed by atoms with Gasteiger partial charge in [-0.3, -0.25) is 19.9 Å². The highest BCUT2D eigenvalue weighted by atomic mass is 32.2. The van der Waals surface area contributed by atoms with E-state index in [1.54, 1.807) is 12.1 Å². The normalized spacial score (nSPS) is 29.0. The zero-order valence-corrected chi connectivity index (χ0v) is 32.1. The van der Waals surface area contributed by atoms with Gasteiger partial charge in [-0.05, 0) is 55.6 Å². The molecule has 4 N–H and O–H groups in total. The number of carbonyl (C=O) groups is 2. The fourth-order valence-corrected chi connectivity index (χ4v) is 11.5. The minimum Gasteiger partial charge on any atom is -0.504 e. The Morgan fingerprint density at radius 3 is 2.47 bits per heavy atom. The number of aliphatic hydroxyl groups is 1. The maximum atomic E-state index is 14.7. The number of hydrogen-bond donors (Lipinski definition) is 4. The molecule has 15 nitrogen and oxygen atoms in total. The molecule has 16 heteroatoms. The highest BCUT2D eigenvalue weighted by Crippen LogP contribution is 2.64. The molecule has 0 aromatic heterocycles. The molecule has 7 aliphatic rings. The van der Waals surface area contributed by atoms with E-state index in [9.17, 15) is 24.9 Å². The highest BCUT2D eigenvalue weighted by molar-refractivity contribution is 8.00. The number of phenols is 2. The van der Waals surface area contributed by atoms with Gasteiger partial charge in [-0.1, -0.05) is 6.07 Å². The Labute approximate surface area is 321 Å². The maximum Gasteiger partial charge on any atom is 0.341 e. The number of benzene rings is 3. The van der Waals surface area contributed by atoms with Crippen LogP contribution in [0.1, 0.15) is 63.9 Å². The predicted molar refractivity (Wildman–Crippen MR) is 196 cm³/mol. The molecule has 10 rings (SSSR count). The molecule has 7 aliphatic heterocycles. The lowest BCUT2D eigenvalue weighted by Gasteiger charge is -2.62. The molecule has 55 heavy (non-hydrogen) atoms. The van der Waals surface area contributed by atoms with Gasteiger partial charge < -0.3 is 48.5 Å². The summed E-state index contributed by atoms with van der Waals surface area (Å²) in [5.41, 5.74) is 4.85. The molecule has 292 valence electrons. The van der Waals surface area contributed by atoms with Gasteiger partial charge in [-0.25, -0.2) is 4.79 Å². The first-order chi connectivity index (χ1) is 26.4. The summed E-state index contributed by atoms with van der Waals surface area (Å²) in [5.74, 6) is -0.0792. The number of aromatic hydroxyl groups is 2. The van der Waals surface area contributed by atoms with Crippen molar-refractivity contribution in [3.63, 3.8) is 0 Å². The zero-order chi connectivity index (χ0) is 38.7. The van der Waals surface area contributed by atoms with E-state index < -0.39 is 53.1 Å². The average molecular weight is 778 g/mol. The molecule has 2 saturated heterocycles. The van der Waals surface area contributed by atoms with E-state index in [2.05, 4.69) is 10.2 Å². The summed E-state index contributed by atoms with van der Waals surface area (Å²) in [7, 11) is 6.38. The summed E-state index contributed by atoms with van der Waals surface area (Å²) >= 11 is 1.31. The first kappa shape index (κ1) is 36.1. The van der Waals surface area contributed by atoms with E-state index in [4.69, 9.17) is 33.2 Å². The number of likely N-dealkylation sites (N-methyl/N-ethyl adjacent to an activating group) is 1. The van der Waals surface area contributed by atoms with E-state index in [-0.39, 0.29) is 53.6 Å². The van der Waals surface area contributed by atoms with Crippen molar-refractivity contribution in [3.8, 4) is 46.0 Å². The summed E-state index contributed by atoms with van der Waals surface area (Å²) in [6.07, 6.45) is -0.0933. The lowest BCUT2D eigenvalue weighted by atomic mass is 9.69. The van der Waals surface area contributed by atoms with E-state index in [1.165, 1.54) is 40.0 Å². The molecule has 3 aromatic carbocycles. The van der Waals surface area contributed by atoms with Crippen LogP contribution in [0.2, 0.25) is 0 Å². The molecule has 4 unspecified atom stereocenters. The summed E-state index contributed by atoms with van der Waals surface area (Å²) in [6.45, 7) is 3.24. The second-order valence-corrected chi connectivity index (χ2v) is 16.0. The topological polar surface area (TPSA) is 178 Å². The summed E-state index contributed by atoms with van der Waals surface area (Å²) in [6, 6.07) is 2.94. The Kier molecular flexibility index (Phi) is 8.51. The van der Waals surface area contributed by atoms with Crippen LogP contribution in [0.5, 0.6) is 46.0 Å². The third-order valence-electron chi connectivity index (χ3n) is 12.2. The number of hydrogen-bond acceptors (Lipinski definition) is 16. The first-order valence-electron chi connectivity index (χ1n) is 18.2. The number of methoxy groups -OCH3 is 3. The van der Waals surface area contributed by atoms with Gasteiger partial charge in [0.25, 0.3) is 0 Å². The Morgan fingerprint density at radius 2 is 1.75 bits per heavy atom. The van der Waals surface area contributed by atoms with Crippen molar-refractivity contribution in [1.82, 2.24) is 15.1 Å². The third kappa shape index (κ3) is 4.97. The van der Waals surface area contributed by atoms with Crippen LogP contribution in [0.25, 0.3) is 0 Å². The number of aryl methyl sites for hydroxylation is 1. The van der Waals surface area contributed by atoms with Crippen LogP contribution < -0.4 is 33.7 Å². The number of ether oxygens (including phenoxy) is 7. The number of esters is 2. The summed E-state index contributed by atoms with van der Waals surface area (Å²) < 4.78 is 41.8. The quantitative estimate of drug-likeness (QED) is 0.224. The van der Waals surface area contributed by atoms with E-state index in [1.807, 2.05) is 24.9 Å². The Bertz CT molecular complexity index is 2150. The van der Waals surface area contributed by atoms with Gasteiger partial charge in [0.15, 0.2) is 39.4 Å². The van der Waals surface area contributed by atoms with Gasteiger partial charge >= 0.3 is 11.9 Å². The largest absolute Gasteiger partial charge is 0.504 e. The van der Waals surface area contributed by atoms with Crippen LogP contribution in [0, 0.1) is 6.92 Å². The Morgan fingerprint density at radius 1 is 0.982 bits per heavy atom. The van der Waals surface area contributed by atoms with Gasteiger partial charge in [-0.15, -0.1) is 11.8 Å². The van der Waals surface area contributed by atoms with Crippen LogP contribution in [0.15, 0.2) is 18.2 Å². The van der Waals surface area contributed by atoms with Gasteiger partial charge in [0.1, 0.15) is 12.8 Å². The number of rotatable bonds is 4. The Balaban J connectivity index is 1.33. The van der Waals surface area contributed by atoms with Gasteiger partial charge in [0.05, 0.1) is 39.5 Å². The molecular formula is C39H43N3O12S. The number of aliphatic hydroxyl groups excluding tert-OH is 1. The molecule has 2 fully saturated rings. The fourth-order valence-electron chi connectivity index (χ4n) is 10.0. The van der Waals surface area contributed by atoms with Crippen molar-refractivity contribution in [2.75, 3.05) is 54.1 Å². The standard InChI is InChI=1S/C39H43N3O12S/c1-16-9-19-10-22-37(46)42-23-13-51-38(47)39(21-12-25(48-4)24(44)11-18(21)7-8-40-39)55-14-20(29(42)30(41(22)3)26(19)31(45)32(16)49-5)27-28(23)33-36(53-15-52-33)35(50-6)34(27)54-17(2)43/h9,11-12,20,22-23,29-30,37,40,44-46H,7-8,10,13-15H2,1-6H3/t20-,22?,23?,29?,30?,37-,39+/m0/s1. The van der Waals surface area contributed by atoms with E-state index in [0.717, 1.165) is 16.7 Å². The Hall–Kier alpha value is -4.61. The maximum absolute atomic E-state index is 14.7. The van der Waals surface area contributed by atoms with Crippen molar-refractivity contribution in [1.29, 1.82) is 0 Å². The molecule has 0 saturated carbocycles. The fraction of sp³-hybridized carbons (Fsp3) is 0.487. The molecular weight excluding hydrogens is 735 g/mol. The van der Waals surface area contributed by atoms with Gasteiger partial charge in [0.2, 0.25) is 18.3 Å². The number of carbonyl (C=O) groups excluding carboxylic acids is 2. The molecule has 0 amide bonds. The predicted octanol–water partition coefficient (Wildman–Crippen LogP) is 3.11. The van der Waals surface area contributed by atoms with Crippen LogP contribution >= 0.6 is 11.8 Å². The van der Waals surface area contributed by atoms with Crippen LogP contribution in [-0.2, 0) is 32.0 Å². The minimum absolute atomic E-state index is 0.0196. The van der Waals surface area contributed by atoms with Crippen molar-refractivity contribution < 1.29 is 58.1 Å². The first-order valence-corrected chi connectivity index (χ1v) is 19.2. The molecule has 0 radical (unpaired) electrons. The SMILES string of the molecule is COc1cc2c(cc1O)CCN[C@@]21SC[C@H]2c3c(OC(C)=O)c(OC)c4c(c3C(COC1=O)N1C2C2c3c(cc(C)c(OC)c3O)CC([C@@H]1O)N2C)OCO4. The third-order valence-corrected chi connectivity index (χ3v) is 13.7. The molecule has 0 aliphatic carbocycles. The lowest BCUT2D eigenvalue weighted by molar-refractivity contribution is -0.189. The van der Waals surface area contributed by atoms with Crippen molar-refractivity contribution in [2.45, 2.75) is 67.9 Å². The molecule has 3 aromatic rings. The van der Waals surface area contributed by atoms with Gasteiger partial charge in [0, 0.05) is 53.4 Å². The molecule has 1 spiro atoms. The van der Waals surface area contributed by atoms with E-state index in [0.29, 0.717) is 53.1 Å². The second kappa shape index (κ2) is 13.0. The average Bonchev–Trinajstić information content (AvgIpc) is 3.64. The van der Waals surface area contributed by atoms with Crippen LogP contribution in [0.4, 0.5) is 0 Å². The summed E-state index contributed by atoms with van der Waals surface area (Å²) in [4.78, 5) is 30.3. The molecule has 7 heterocycles. The summed E-state index contributed by atoms with van der Waals surface area (Å²) in [5, 5.41) is 38.8. The number of phenolic OH excluding ortho intramolecular Hbond substituents is 2. The monoisotopic (exact) mass is 777 g/mol. The van der Waals surface area contributed by atoms with Crippen LogP contribution in [-0.4, -0.2) is 109 Å². The second-order valence-electron chi connectivity index (χ2n) is 14.8. The highest BCUT2D eigenvalue weighted by Gasteiger charge is 2.61. The number of nitrogens with zero attached hydrogens (tertiary/aromatic N) is 2. The smallest absolute Gasteiger partial charge is 0.341 e. The number of piperazine rings is 1. The van der Waals surface area contributed by atoms with Gasteiger partial charge in [-0.2, -0.15) is 0 Å². The van der Waals surface area contributed by atoms with Crippen molar-refractivity contribution in [3.05, 3.63) is 57.1 Å². The lowest BCUT2D eigenvalue weighted by Crippen LogP contribution is -2.70. The molecule has 4 bridgehead atoms. The number of fused-ring (bicyclic) bond motifs is 9. The number of thioether (sulfide) groups is 1. The number of nitrogens with one attached hydrogen (secondary N) is 1. The van der Waals surface area contributed by atoms with Crippen molar-refractivity contribution >= 4 is 23.7 Å². The van der Waals surface area contributed by atoms with Crippen molar-refractivity contribution in [2.24, 2.45) is 0 Å². The van der Waals surface area contributed by atoms with E-state index >= 15 is 0 Å². The van der Waals surface area contributed by atoms with Crippen LogP contribution in [0.3, 0.4) is 0 Å². The molecule has 7 atom stereocenters.